The van der Waals surface area contributed by atoms with E-state index in [1.807, 2.05) is 22.5 Å². The van der Waals surface area contributed by atoms with E-state index in [1.165, 1.54) is 0 Å². The molecule has 2 aliphatic heterocycles. The second-order valence-electron chi connectivity index (χ2n) is 10.3. The minimum atomic E-state index is -0.130. The van der Waals surface area contributed by atoms with Gasteiger partial charge in [-0.05, 0) is 56.2 Å². The molecule has 0 radical (unpaired) electrons. The van der Waals surface area contributed by atoms with Crippen molar-refractivity contribution in [3.63, 3.8) is 0 Å². The molecule has 1 aromatic carbocycles. The van der Waals surface area contributed by atoms with E-state index in [4.69, 9.17) is 0 Å². The molecule has 4 rings (SSSR count). The van der Waals surface area contributed by atoms with Gasteiger partial charge >= 0.3 is 5.69 Å². The van der Waals surface area contributed by atoms with Gasteiger partial charge in [-0.2, -0.15) is 0 Å². The largest absolute Gasteiger partial charge is 0.352 e. The van der Waals surface area contributed by atoms with Crippen molar-refractivity contribution in [2.24, 2.45) is 12.5 Å². The Kier molecular flexibility index (Phi) is 6.66. The Bertz CT molecular complexity index is 1080. The summed E-state index contributed by atoms with van der Waals surface area (Å²) >= 11 is 0. The lowest BCUT2D eigenvalue weighted by Gasteiger charge is -2.38. The van der Waals surface area contributed by atoms with Crippen molar-refractivity contribution in [2.45, 2.75) is 52.5 Å². The van der Waals surface area contributed by atoms with Crippen LogP contribution in [0.3, 0.4) is 0 Å². The van der Waals surface area contributed by atoms with Crippen molar-refractivity contribution < 1.29 is 9.59 Å². The number of benzene rings is 1. The minimum absolute atomic E-state index is 0.0523. The van der Waals surface area contributed by atoms with Crippen LogP contribution < -0.4 is 11.0 Å². The number of carbonyl (C=O) groups excluding carboxylic acids is 2. The van der Waals surface area contributed by atoms with Crippen LogP contribution in [0.15, 0.2) is 23.0 Å². The van der Waals surface area contributed by atoms with Gasteiger partial charge in [-0.15, -0.1) is 0 Å². The molecule has 2 aliphatic rings. The number of hydrogen-bond donors (Lipinski definition) is 1. The fourth-order valence-corrected chi connectivity index (χ4v) is 5.11. The molecule has 180 valence electrons. The van der Waals surface area contributed by atoms with Crippen LogP contribution in [0, 0.1) is 5.41 Å². The number of nitrogens with one attached hydrogen (secondary N) is 1. The molecule has 0 bridgehead atoms. The third-order valence-corrected chi connectivity index (χ3v) is 7.44. The zero-order valence-electron chi connectivity index (χ0n) is 20.4. The first-order valence-electron chi connectivity index (χ1n) is 12.2. The van der Waals surface area contributed by atoms with Gasteiger partial charge in [-0.3, -0.25) is 23.6 Å². The van der Waals surface area contributed by atoms with Crippen molar-refractivity contribution in [1.29, 1.82) is 0 Å². The number of carbonyl (C=O) groups is 2. The quantitative estimate of drug-likeness (QED) is 0.751. The van der Waals surface area contributed by atoms with Crippen LogP contribution in [0.1, 0.15) is 62.9 Å². The normalized spacial score (nSPS) is 19.7. The first kappa shape index (κ1) is 23.5. The molecule has 2 amide bonds. The summed E-state index contributed by atoms with van der Waals surface area (Å²) in [6.07, 6.45) is 3.79. The summed E-state index contributed by atoms with van der Waals surface area (Å²) in [6, 6.07) is 5.57. The predicted molar refractivity (Wildman–Crippen MR) is 129 cm³/mol. The average molecular weight is 456 g/mol. The number of aromatic nitrogens is 2. The molecular formula is C25H37N5O3. The van der Waals surface area contributed by atoms with E-state index in [2.05, 4.69) is 24.1 Å². The van der Waals surface area contributed by atoms with Gasteiger partial charge in [-0.1, -0.05) is 13.8 Å². The van der Waals surface area contributed by atoms with Gasteiger partial charge < -0.3 is 10.2 Å². The van der Waals surface area contributed by atoms with E-state index in [0.717, 1.165) is 62.9 Å². The van der Waals surface area contributed by atoms with Crippen molar-refractivity contribution in [1.82, 2.24) is 24.3 Å². The highest BCUT2D eigenvalue weighted by atomic mass is 16.2. The van der Waals surface area contributed by atoms with Gasteiger partial charge in [0.15, 0.2) is 0 Å². The number of likely N-dealkylation sites (tertiary alicyclic amines) is 2. The van der Waals surface area contributed by atoms with E-state index in [9.17, 15) is 14.4 Å². The molecule has 2 aromatic rings. The molecule has 0 unspecified atom stereocenters. The Balaban J connectivity index is 1.42. The summed E-state index contributed by atoms with van der Waals surface area (Å²) in [5.41, 5.74) is 2.48. The summed E-state index contributed by atoms with van der Waals surface area (Å²) in [5, 5.41) is 2.81. The number of nitrogens with zero attached hydrogens (tertiary/aromatic N) is 4. The smallest absolute Gasteiger partial charge is 0.329 e. The van der Waals surface area contributed by atoms with Gasteiger partial charge in [0, 0.05) is 51.4 Å². The maximum absolute atomic E-state index is 13.1. The maximum atomic E-state index is 13.1. The van der Waals surface area contributed by atoms with Crippen molar-refractivity contribution in [3.8, 4) is 0 Å². The van der Waals surface area contributed by atoms with Crippen LogP contribution in [0.5, 0.6) is 0 Å². The molecule has 2 fully saturated rings. The zero-order valence-corrected chi connectivity index (χ0v) is 20.4. The topological polar surface area (TPSA) is 79.6 Å². The number of aryl methyl sites for hydroxylation is 1. The number of amides is 2. The van der Waals surface area contributed by atoms with Crippen molar-refractivity contribution in [3.05, 3.63) is 34.2 Å². The van der Waals surface area contributed by atoms with Crippen LogP contribution in [-0.2, 0) is 11.8 Å². The first-order chi connectivity index (χ1) is 15.7. The minimum Gasteiger partial charge on any atom is -0.352 e. The lowest BCUT2D eigenvalue weighted by Crippen LogP contribution is -2.47. The van der Waals surface area contributed by atoms with Gasteiger partial charge in [0.1, 0.15) is 0 Å². The zero-order chi connectivity index (χ0) is 23.8. The van der Waals surface area contributed by atoms with Crippen molar-refractivity contribution >= 4 is 22.8 Å². The van der Waals surface area contributed by atoms with Gasteiger partial charge in [-0.25, -0.2) is 4.79 Å². The summed E-state index contributed by atoms with van der Waals surface area (Å²) in [6.45, 7) is 10.8. The second-order valence-corrected chi connectivity index (χ2v) is 10.3. The molecule has 0 saturated carbocycles. The van der Waals surface area contributed by atoms with E-state index in [0.29, 0.717) is 24.1 Å². The molecule has 1 N–H and O–H groups in total. The number of hydrogen-bond acceptors (Lipinski definition) is 4. The van der Waals surface area contributed by atoms with Crippen LogP contribution >= 0.6 is 0 Å². The maximum Gasteiger partial charge on any atom is 0.329 e. The van der Waals surface area contributed by atoms with Crippen LogP contribution in [0.25, 0.3) is 11.0 Å². The number of imidazole rings is 1. The molecule has 8 heteroatoms. The Hall–Kier alpha value is -2.61. The summed E-state index contributed by atoms with van der Waals surface area (Å²) < 4.78 is 3.51. The Morgan fingerprint density at radius 1 is 1.06 bits per heavy atom. The number of piperidine rings is 2. The monoisotopic (exact) mass is 455 g/mol. The highest BCUT2D eigenvalue weighted by molar-refractivity contribution is 5.97. The molecular weight excluding hydrogens is 418 g/mol. The summed E-state index contributed by atoms with van der Waals surface area (Å²) in [5.74, 6) is 0.0963. The molecule has 3 heterocycles. The first-order valence-corrected chi connectivity index (χ1v) is 12.2. The fourth-order valence-electron chi connectivity index (χ4n) is 5.11. The van der Waals surface area contributed by atoms with Crippen molar-refractivity contribution in [2.75, 3.05) is 39.3 Å². The molecule has 1 aromatic heterocycles. The molecule has 33 heavy (non-hydrogen) atoms. The molecule has 2 saturated heterocycles. The van der Waals surface area contributed by atoms with Crippen LogP contribution in [0.4, 0.5) is 0 Å². The van der Waals surface area contributed by atoms with Gasteiger partial charge in [0.2, 0.25) is 5.91 Å². The van der Waals surface area contributed by atoms with E-state index >= 15 is 0 Å². The molecule has 0 spiro atoms. The van der Waals surface area contributed by atoms with Gasteiger partial charge in [0.25, 0.3) is 5.91 Å². The number of rotatable bonds is 5. The summed E-state index contributed by atoms with van der Waals surface area (Å²) in [4.78, 5) is 42.3. The second kappa shape index (κ2) is 9.33. The average Bonchev–Trinajstić information content (AvgIpc) is 3.04. The highest BCUT2D eigenvalue weighted by Crippen LogP contribution is 2.30. The molecule has 8 nitrogen and oxygen atoms in total. The van der Waals surface area contributed by atoms with E-state index in [1.54, 1.807) is 23.7 Å². The Morgan fingerprint density at radius 2 is 1.73 bits per heavy atom. The molecule has 0 atom stereocenters. The molecule has 0 aliphatic carbocycles. The lowest BCUT2D eigenvalue weighted by atomic mass is 9.82. The van der Waals surface area contributed by atoms with E-state index < -0.39 is 0 Å². The summed E-state index contributed by atoms with van der Waals surface area (Å²) in [7, 11) is 1.76. The Labute approximate surface area is 195 Å². The third kappa shape index (κ3) is 4.86. The SMILES string of the molecule is CCNC(=O)c1ccc2c(c1)n(C)c(=O)n2C1CCN(CC(=O)N2CCC(C)(C)CC2)CC1. The van der Waals surface area contributed by atoms with Gasteiger partial charge in [0.05, 0.1) is 17.6 Å². The Morgan fingerprint density at radius 3 is 2.36 bits per heavy atom. The predicted octanol–water partition coefficient (Wildman–Crippen LogP) is 2.38. The van der Waals surface area contributed by atoms with Crippen LogP contribution in [-0.4, -0.2) is 70.0 Å². The fraction of sp³-hybridized carbons (Fsp3) is 0.640. The standard InChI is InChI=1S/C25H37N5O3/c1-5-26-23(32)18-6-7-20-21(16-18)27(4)24(33)30(20)19-8-12-28(13-9-19)17-22(31)29-14-10-25(2,3)11-15-29/h6-7,16,19H,5,8-15,17H2,1-4H3,(H,26,32). The lowest BCUT2D eigenvalue weighted by molar-refractivity contribution is -0.134. The third-order valence-electron chi connectivity index (χ3n) is 7.44. The highest BCUT2D eigenvalue weighted by Gasteiger charge is 2.30. The van der Waals surface area contributed by atoms with Crippen LogP contribution in [0.2, 0.25) is 0 Å². The van der Waals surface area contributed by atoms with E-state index in [-0.39, 0.29) is 23.5 Å². The number of fused-ring (bicyclic) bond motifs is 1.